The van der Waals surface area contributed by atoms with E-state index in [1.165, 1.54) is 4.90 Å². The van der Waals surface area contributed by atoms with Crippen LogP contribution in [0.4, 0.5) is 4.79 Å². The van der Waals surface area contributed by atoms with Gasteiger partial charge >= 0.3 is 6.09 Å². The molecule has 0 radical (unpaired) electrons. The van der Waals surface area contributed by atoms with Crippen molar-refractivity contribution in [1.29, 1.82) is 0 Å². The summed E-state index contributed by atoms with van der Waals surface area (Å²) in [6.07, 6.45) is -0.995. The van der Waals surface area contributed by atoms with E-state index in [0.29, 0.717) is 23.7 Å². The van der Waals surface area contributed by atoms with Gasteiger partial charge in [0, 0.05) is 31.1 Å². The summed E-state index contributed by atoms with van der Waals surface area (Å²) in [6.45, 7) is 7.37. The van der Waals surface area contributed by atoms with Crippen LogP contribution in [-0.4, -0.2) is 67.6 Å². The van der Waals surface area contributed by atoms with Crippen molar-refractivity contribution in [1.82, 2.24) is 24.8 Å². The van der Waals surface area contributed by atoms with Crippen LogP contribution < -0.4 is 4.74 Å². The molecule has 1 saturated heterocycles. The van der Waals surface area contributed by atoms with E-state index < -0.39 is 12.1 Å². The molecule has 9 nitrogen and oxygen atoms in total. The van der Waals surface area contributed by atoms with Crippen molar-refractivity contribution in [2.75, 3.05) is 19.6 Å². The topological polar surface area (TPSA) is 101 Å². The smallest absolute Gasteiger partial charge is 0.407 e. The molecule has 2 heterocycles. The van der Waals surface area contributed by atoms with Gasteiger partial charge in [-0.05, 0) is 28.7 Å². The molecule has 2 atom stereocenters. The molecule has 4 aromatic carbocycles. The molecule has 6 rings (SSSR count). The van der Waals surface area contributed by atoms with Gasteiger partial charge in [-0.1, -0.05) is 129 Å². The van der Waals surface area contributed by atoms with Gasteiger partial charge in [-0.2, -0.15) is 0 Å². The maximum absolute atomic E-state index is 14.8. The molecule has 1 fully saturated rings. The van der Waals surface area contributed by atoms with E-state index in [1.807, 2.05) is 103 Å². The van der Waals surface area contributed by atoms with Crippen LogP contribution in [0.15, 0.2) is 115 Å². The second kappa shape index (κ2) is 13.5. The van der Waals surface area contributed by atoms with Crippen LogP contribution in [0.25, 0.3) is 16.9 Å². The maximum Gasteiger partial charge on any atom is 0.407 e. The Hall–Kier alpha value is -5.44. The van der Waals surface area contributed by atoms with Gasteiger partial charge in [-0.25, -0.2) is 9.48 Å². The molecular formula is C38H39N5O4. The number of aromatic nitrogens is 3. The van der Waals surface area contributed by atoms with Crippen molar-refractivity contribution in [2.24, 2.45) is 5.41 Å². The second-order valence-electron chi connectivity index (χ2n) is 12.9. The first kappa shape index (κ1) is 31.5. The second-order valence-corrected chi connectivity index (χ2v) is 12.9. The summed E-state index contributed by atoms with van der Waals surface area (Å²) >= 11 is 0. The number of carboxylic acid groups (broad SMARTS) is 1. The zero-order chi connectivity index (χ0) is 33.0. The SMILES string of the molecule is CC(C)(C)C(c1ccccc1)C1CN(C(=O)O)CCN1C(=O)c1nnn(-c2ccccc2OCc2ccccc2)c1-c1ccccc1. The summed E-state index contributed by atoms with van der Waals surface area (Å²) in [5.74, 6) is 0.150. The minimum atomic E-state index is -0.995. The average Bonchev–Trinajstić information content (AvgIpc) is 3.53. The molecular weight excluding hydrogens is 590 g/mol. The van der Waals surface area contributed by atoms with Crippen LogP contribution in [-0.2, 0) is 6.61 Å². The predicted octanol–water partition coefficient (Wildman–Crippen LogP) is 7.15. The third-order valence-electron chi connectivity index (χ3n) is 8.68. The van der Waals surface area contributed by atoms with E-state index in [2.05, 4.69) is 43.2 Å². The maximum atomic E-state index is 14.8. The molecule has 2 amide bonds. The lowest BCUT2D eigenvalue weighted by Crippen LogP contribution is -2.59. The molecule has 1 N–H and O–H groups in total. The van der Waals surface area contributed by atoms with Gasteiger partial charge in [0.1, 0.15) is 23.7 Å². The highest BCUT2D eigenvalue weighted by atomic mass is 16.5. The van der Waals surface area contributed by atoms with Crippen molar-refractivity contribution < 1.29 is 19.4 Å². The van der Waals surface area contributed by atoms with Gasteiger partial charge in [-0.15, -0.1) is 5.10 Å². The fraction of sp³-hybridized carbons (Fsp3) is 0.263. The monoisotopic (exact) mass is 629 g/mol. The van der Waals surface area contributed by atoms with Crippen molar-refractivity contribution >= 4 is 12.0 Å². The van der Waals surface area contributed by atoms with Crippen LogP contribution in [0.1, 0.15) is 48.3 Å². The van der Waals surface area contributed by atoms with Gasteiger partial charge in [0.2, 0.25) is 0 Å². The summed E-state index contributed by atoms with van der Waals surface area (Å²) in [4.78, 5) is 30.2. The third-order valence-corrected chi connectivity index (χ3v) is 8.68. The Morgan fingerprint density at radius 3 is 2.13 bits per heavy atom. The Morgan fingerprint density at radius 2 is 1.47 bits per heavy atom. The molecule has 1 aromatic heterocycles. The van der Waals surface area contributed by atoms with Gasteiger partial charge < -0.3 is 19.6 Å². The number of carbonyl (C=O) groups excluding carboxylic acids is 1. The standard InChI is InChI=1S/C38H39N5O4/c1-38(2,3)33(28-17-9-5-10-18-28)31-25-41(37(45)46)23-24-42(31)36(44)34-35(29-19-11-6-12-20-29)43(40-39-34)30-21-13-14-22-32(30)47-26-27-15-7-4-8-16-27/h4-22,31,33H,23-26H2,1-3H3,(H,45,46). The Morgan fingerprint density at radius 1 is 0.851 bits per heavy atom. The van der Waals surface area contributed by atoms with E-state index in [-0.39, 0.29) is 42.6 Å². The summed E-state index contributed by atoms with van der Waals surface area (Å²) in [6, 6.07) is 36.7. The quantitative estimate of drug-likeness (QED) is 0.196. The Bertz CT molecular complexity index is 1820. The number of hydrogen-bond donors (Lipinski definition) is 1. The van der Waals surface area contributed by atoms with Crippen LogP contribution in [0, 0.1) is 5.41 Å². The first-order valence-corrected chi connectivity index (χ1v) is 15.8. The molecule has 1 aliphatic rings. The number of carbonyl (C=O) groups is 2. The van der Waals surface area contributed by atoms with E-state index in [9.17, 15) is 14.7 Å². The number of amides is 2. The molecule has 2 unspecified atom stereocenters. The van der Waals surface area contributed by atoms with Gasteiger partial charge in [0.15, 0.2) is 5.69 Å². The summed E-state index contributed by atoms with van der Waals surface area (Å²) < 4.78 is 7.95. The minimum absolute atomic E-state index is 0.155. The van der Waals surface area contributed by atoms with Crippen LogP contribution in [0.2, 0.25) is 0 Å². The van der Waals surface area contributed by atoms with E-state index in [1.54, 1.807) is 9.58 Å². The largest absolute Gasteiger partial charge is 0.487 e. The molecule has 240 valence electrons. The Balaban J connectivity index is 1.44. The van der Waals surface area contributed by atoms with E-state index >= 15 is 0 Å². The molecule has 1 aliphatic heterocycles. The lowest BCUT2D eigenvalue weighted by Gasteiger charge is -2.48. The molecule has 0 aliphatic carbocycles. The van der Waals surface area contributed by atoms with Crippen LogP contribution in [0.3, 0.4) is 0 Å². The highest BCUT2D eigenvalue weighted by molar-refractivity contribution is 5.99. The fourth-order valence-electron chi connectivity index (χ4n) is 6.56. The van der Waals surface area contributed by atoms with Crippen molar-refractivity contribution in [2.45, 2.75) is 39.3 Å². The van der Waals surface area contributed by atoms with Gasteiger partial charge in [-0.3, -0.25) is 4.79 Å². The lowest BCUT2D eigenvalue weighted by atomic mass is 9.71. The number of piperazine rings is 1. The third kappa shape index (κ3) is 6.74. The van der Waals surface area contributed by atoms with E-state index in [4.69, 9.17) is 4.74 Å². The van der Waals surface area contributed by atoms with Crippen LogP contribution in [0.5, 0.6) is 5.75 Å². The highest BCUT2D eigenvalue weighted by Gasteiger charge is 2.44. The van der Waals surface area contributed by atoms with E-state index in [0.717, 1.165) is 16.7 Å². The Labute approximate surface area is 275 Å². The number of ether oxygens (including phenoxy) is 1. The van der Waals surface area contributed by atoms with Crippen LogP contribution >= 0.6 is 0 Å². The van der Waals surface area contributed by atoms with Crippen molar-refractivity contribution in [3.05, 3.63) is 132 Å². The van der Waals surface area contributed by atoms with Crippen molar-refractivity contribution in [3.8, 4) is 22.7 Å². The zero-order valence-electron chi connectivity index (χ0n) is 26.9. The van der Waals surface area contributed by atoms with Gasteiger partial charge in [0.25, 0.3) is 5.91 Å². The van der Waals surface area contributed by atoms with Gasteiger partial charge in [0.05, 0.1) is 6.04 Å². The average molecular weight is 630 g/mol. The fourth-order valence-corrected chi connectivity index (χ4v) is 6.56. The number of rotatable bonds is 8. The first-order valence-electron chi connectivity index (χ1n) is 15.8. The number of nitrogens with zero attached hydrogens (tertiary/aromatic N) is 5. The summed E-state index contributed by atoms with van der Waals surface area (Å²) in [5.41, 5.74) is 3.94. The molecule has 0 spiro atoms. The molecule has 47 heavy (non-hydrogen) atoms. The minimum Gasteiger partial charge on any atom is -0.487 e. The molecule has 5 aromatic rings. The predicted molar refractivity (Wildman–Crippen MR) is 181 cm³/mol. The number of para-hydroxylation sites is 2. The number of benzene rings is 4. The normalized spacial score (nSPS) is 15.7. The van der Waals surface area contributed by atoms with Crippen molar-refractivity contribution in [3.63, 3.8) is 0 Å². The summed E-state index contributed by atoms with van der Waals surface area (Å²) in [7, 11) is 0. The lowest BCUT2D eigenvalue weighted by molar-refractivity contribution is 0.0278. The molecule has 0 saturated carbocycles. The first-order chi connectivity index (χ1) is 22.7. The number of hydrogen-bond acceptors (Lipinski definition) is 5. The highest BCUT2D eigenvalue weighted by Crippen LogP contribution is 2.42. The zero-order valence-corrected chi connectivity index (χ0v) is 26.9. The molecule has 9 heteroatoms. The summed E-state index contributed by atoms with van der Waals surface area (Å²) in [5, 5.41) is 19.1. The Kier molecular flexibility index (Phi) is 9.06. The molecule has 0 bridgehead atoms.